The Morgan fingerprint density at radius 1 is 1.05 bits per heavy atom. The zero-order chi connectivity index (χ0) is 15.4. The molecule has 21 heavy (non-hydrogen) atoms. The number of nitro groups is 1. The number of nitro benzene ring substituents is 1. The monoisotopic (exact) mass is 285 g/mol. The van der Waals surface area contributed by atoms with Crippen LogP contribution in [0.2, 0.25) is 0 Å². The van der Waals surface area contributed by atoms with Crippen LogP contribution in [-0.2, 0) is 4.74 Å². The number of nitrogens with zero attached hydrogens (tertiary/aromatic N) is 1. The molecular formula is C15H11NO5. The number of methoxy groups -OCH3 is 1. The molecule has 0 atom stereocenters. The van der Waals surface area contributed by atoms with Gasteiger partial charge in [-0.25, -0.2) is 4.79 Å². The maximum atomic E-state index is 12.4. The molecule has 106 valence electrons. The van der Waals surface area contributed by atoms with Crippen molar-refractivity contribution in [2.75, 3.05) is 7.11 Å². The normalized spacial score (nSPS) is 9.95. The van der Waals surface area contributed by atoms with E-state index in [2.05, 4.69) is 4.74 Å². The second-order valence-corrected chi connectivity index (χ2v) is 4.18. The molecule has 0 fully saturated rings. The summed E-state index contributed by atoms with van der Waals surface area (Å²) in [6.45, 7) is 0. The molecule has 6 heteroatoms. The molecule has 0 amide bonds. The first-order valence-electron chi connectivity index (χ1n) is 6.01. The van der Waals surface area contributed by atoms with E-state index in [-0.39, 0.29) is 22.4 Å². The van der Waals surface area contributed by atoms with E-state index in [1.54, 1.807) is 6.07 Å². The highest BCUT2D eigenvalue weighted by molar-refractivity contribution is 6.12. The minimum Gasteiger partial charge on any atom is -0.465 e. The molecule has 0 aliphatic carbocycles. The van der Waals surface area contributed by atoms with Crippen LogP contribution in [0.15, 0.2) is 48.5 Å². The Bertz CT molecular complexity index is 724. The second kappa shape index (κ2) is 5.96. The van der Waals surface area contributed by atoms with Gasteiger partial charge in [-0.05, 0) is 18.2 Å². The van der Waals surface area contributed by atoms with E-state index in [9.17, 15) is 19.7 Å². The molecular weight excluding hydrogens is 274 g/mol. The topological polar surface area (TPSA) is 86.5 Å². The summed E-state index contributed by atoms with van der Waals surface area (Å²) in [6.07, 6.45) is 0. The summed E-state index contributed by atoms with van der Waals surface area (Å²) in [5.74, 6) is -1.10. The van der Waals surface area contributed by atoms with Crippen LogP contribution in [0.5, 0.6) is 0 Å². The average molecular weight is 285 g/mol. The summed E-state index contributed by atoms with van der Waals surface area (Å²) in [6, 6.07) is 11.5. The number of hydrogen-bond acceptors (Lipinski definition) is 5. The van der Waals surface area contributed by atoms with Crippen molar-refractivity contribution >= 4 is 17.4 Å². The predicted octanol–water partition coefficient (Wildman–Crippen LogP) is 2.61. The number of carbonyl (C=O) groups is 2. The van der Waals surface area contributed by atoms with Crippen LogP contribution < -0.4 is 0 Å². The van der Waals surface area contributed by atoms with Crippen molar-refractivity contribution in [2.45, 2.75) is 0 Å². The Morgan fingerprint density at radius 2 is 1.71 bits per heavy atom. The Labute approximate surface area is 120 Å². The van der Waals surface area contributed by atoms with Crippen LogP contribution in [0.1, 0.15) is 26.3 Å². The zero-order valence-corrected chi connectivity index (χ0v) is 11.1. The van der Waals surface area contributed by atoms with Crippen LogP contribution in [0, 0.1) is 10.1 Å². The van der Waals surface area contributed by atoms with Gasteiger partial charge in [0.2, 0.25) is 0 Å². The van der Waals surface area contributed by atoms with E-state index >= 15 is 0 Å². The fourth-order valence-electron chi connectivity index (χ4n) is 1.89. The van der Waals surface area contributed by atoms with Crippen molar-refractivity contribution in [3.05, 3.63) is 75.3 Å². The highest BCUT2D eigenvalue weighted by Crippen LogP contribution is 2.21. The number of hydrogen-bond donors (Lipinski definition) is 0. The van der Waals surface area contributed by atoms with Gasteiger partial charge >= 0.3 is 5.97 Å². The minimum absolute atomic E-state index is 0.0236. The van der Waals surface area contributed by atoms with Crippen LogP contribution in [0.25, 0.3) is 0 Å². The van der Waals surface area contributed by atoms with Crippen LogP contribution in [-0.4, -0.2) is 23.8 Å². The van der Waals surface area contributed by atoms with Crippen LogP contribution in [0.4, 0.5) is 5.69 Å². The molecule has 2 aromatic rings. The Morgan fingerprint density at radius 3 is 2.38 bits per heavy atom. The van der Waals surface area contributed by atoms with Gasteiger partial charge in [-0.1, -0.05) is 24.3 Å². The Balaban J connectivity index is 2.46. The Kier molecular flexibility index (Phi) is 4.08. The van der Waals surface area contributed by atoms with E-state index in [1.165, 1.54) is 49.6 Å². The van der Waals surface area contributed by atoms with Crippen molar-refractivity contribution in [3.8, 4) is 0 Å². The van der Waals surface area contributed by atoms with Gasteiger partial charge in [0.1, 0.15) is 5.56 Å². The molecule has 0 spiro atoms. The van der Waals surface area contributed by atoms with E-state index in [0.29, 0.717) is 0 Å². The molecule has 0 saturated heterocycles. The van der Waals surface area contributed by atoms with E-state index in [1.807, 2.05) is 0 Å². The lowest BCUT2D eigenvalue weighted by Crippen LogP contribution is -2.07. The lowest BCUT2D eigenvalue weighted by molar-refractivity contribution is -0.385. The van der Waals surface area contributed by atoms with Gasteiger partial charge in [0.05, 0.1) is 17.6 Å². The third-order valence-electron chi connectivity index (χ3n) is 2.89. The first-order chi connectivity index (χ1) is 10.0. The maximum Gasteiger partial charge on any atom is 0.337 e. The fraction of sp³-hybridized carbons (Fsp3) is 0.0667. The summed E-state index contributed by atoms with van der Waals surface area (Å²) in [7, 11) is 1.23. The van der Waals surface area contributed by atoms with Crippen molar-refractivity contribution in [2.24, 2.45) is 0 Å². The maximum absolute atomic E-state index is 12.4. The number of benzene rings is 2. The van der Waals surface area contributed by atoms with E-state index in [0.717, 1.165) is 0 Å². The van der Waals surface area contributed by atoms with Crippen molar-refractivity contribution < 1.29 is 19.2 Å². The standard InChI is InChI=1S/C15H11NO5/c1-21-15(18)11-6-4-5-10(9-11)14(17)12-7-2-3-8-13(12)16(19)20/h2-9H,1H3. The van der Waals surface area contributed by atoms with Crippen molar-refractivity contribution in [1.29, 1.82) is 0 Å². The molecule has 0 saturated carbocycles. The highest BCUT2D eigenvalue weighted by Gasteiger charge is 2.21. The predicted molar refractivity (Wildman–Crippen MR) is 74.3 cm³/mol. The molecule has 0 unspecified atom stereocenters. The quantitative estimate of drug-likeness (QED) is 0.373. The highest BCUT2D eigenvalue weighted by atomic mass is 16.6. The van der Waals surface area contributed by atoms with E-state index in [4.69, 9.17) is 0 Å². The zero-order valence-electron chi connectivity index (χ0n) is 11.1. The molecule has 0 radical (unpaired) electrons. The van der Waals surface area contributed by atoms with Gasteiger partial charge < -0.3 is 4.74 Å². The molecule has 0 heterocycles. The number of ketones is 1. The fourth-order valence-corrected chi connectivity index (χ4v) is 1.89. The molecule has 6 nitrogen and oxygen atoms in total. The number of ether oxygens (including phenoxy) is 1. The third kappa shape index (κ3) is 2.94. The molecule has 0 aliphatic heterocycles. The smallest absolute Gasteiger partial charge is 0.337 e. The van der Waals surface area contributed by atoms with Gasteiger partial charge in [0.15, 0.2) is 5.78 Å². The summed E-state index contributed by atoms with van der Waals surface area (Å²) in [4.78, 5) is 34.2. The van der Waals surface area contributed by atoms with Crippen molar-refractivity contribution in [1.82, 2.24) is 0 Å². The first kappa shape index (κ1) is 14.4. The summed E-state index contributed by atoms with van der Waals surface area (Å²) >= 11 is 0. The van der Waals surface area contributed by atoms with Gasteiger partial charge in [0, 0.05) is 11.6 Å². The first-order valence-corrected chi connectivity index (χ1v) is 6.01. The van der Waals surface area contributed by atoms with Gasteiger partial charge in [-0.3, -0.25) is 14.9 Å². The molecule has 2 rings (SSSR count). The number of carbonyl (C=O) groups excluding carboxylic acids is 2. The number of para-hydroxylation sites is 1. The molecule has 2 aromatic carbocycles. The van der Waals surface area contributed by atoms with Gasteiger partial charge in [0.25, 0.3) is 5.69 Å². The Hall–Kier alpha value is -3.02. The largest absolute Gasteiger partial charge is 0.465 e. The number of rotatable bonds is 4. The summed E-state index contributed by atoms with van der Waals surface area (Å²) in [5, 5.41) is 11.0. The molecule has 0 aromatic heterocycles. The number of esters is 1. The average Bonchev–Trinajstić information content (AvgIpc) is 2.53. The lowest BCUT2D eigenvalue weighted by Gasteiger charge is -2.04. The third-order valence-corrected chi connectivity index (χ3v) is 2.89. The second-order valence-electron chi connectivity index (χ2n) is 4.18. The molecule has 0 bridgehead atoms. The lowest BCUT2D eigenvalue weighted by atomic mass is 10.00. The minimum atomic E-state index is -0.614. The van der Waals surface area contributed by atoms with Crippen molar-refractivity contribution in [3.63, 3.8) is 0 Å². The van der Waals surface area contributed by atoms with Crippen LogP contribution >= 0.6 is 0 Å². The van der Waals surface area contributed by atoms with Gasteiger partial charge in [-0.15, -0.1) is 0 Å². The molecule has 0 aliphatic rings. The summed E-state index contributed by atoms with van der Waals surface area (Å²) < 4.78 is 4.58. The van der Waals surface area contributed by atoms with E-state index < -0.39 is 16.7 Å². The summed E-state index contributed by atoms with van der Waals surface area (Å²) in [5.41, 5.74) is 0.102. The molecule has 0 N–H and O–H groups in total. The SMILES string of the molecule is COC(=O)c1cccc(C(=O)c2ccccc2[N+](=O)[O-])c1. The van der Waals surface area contributed by atoms with Gasteiger partial charge in [-0.2, -0.15) is 0 Å². The van der Waals surface area contributed by atoms with Crippen LogP contribution in [0.3, 0.4) is 0 Å².